The molecule has 0 spiro atoms. The molecule has 6 nitrogen and oxygen atoms in total. The van der Waals surface area contributed by atoms with Crippen LogP contribution in [0.15, 0.2) is 10.5 Å². The van der Waals surface area contributed by atoms with Crippen molar-refractivity contribution < 1.29 is 24.5 Å². The van der Waals surface area contributed by atoms with Gasteiger partial charge in [0.15, 0.2) is 0 Å². The fourth-order valence-corrected chi connectivity index (χ4v) is 1.43. The van der Waals surface area contributed by atoms with E-state index in [9.17, 15) is 4.79 Å². The molecule has 1 heterocycles. The second-order valence-electron chi connectivity index (χ2n) is 4.04. The largest absolute Gasteiger partial charge is 0.466 e. The number of aryl methyl sites for hydroxylation is 2. The smallest absolute Gasteiger partial charge is 0.255 e. The maximum Gasteiger partial charge on any atom is 0.255 e. The van der Waals surface area contributed by atoms with Gasteiger partial charge in [-0.25, -0.2) is 0 Å². The van der Waals surface area contributed by atoms with Crippen LogP contribution in [0.1, 0.15) is 21.9 Å². The van der Waals surface area contributed by atoms with Crippen LogP contribution in [0.5, 0.6) is 0 Å². The second-order valence-corrected chi connectivity index (χ2v) is 4.04. The van der Waals surface area contributed by atoms with E-state index in [1.165, 1.54) is 0 Å². The maximum absolute atomic E-state index is 11.9. The highest BCUT2D eigenvalue weighted by Gasteiger charge is 2.31. The van der Waals surface area contributed by atoms with Crippen molar-refractivity contribution in [1.29, 1.82) is 0 Å². The van der Waals surface area contributed by atoms with Gasteiger partial charge in [-0.1, -0.05) is 0 Å². The molecule has 0 bridgehead atoms. The lowest BCUT2D eigenvalue weighted by molar-refractivity contribution is 0.0374. The van der Waals surface area contributed by atoms with E-state index in [1.807, 2.05) is 0 Å². The molecule has 0 fully saturated rings. The summed E-state index contributed by atoms with van der Waals surface area (Å²) in [6.45, 7) is 1.69. The van der Waals surface area contributed by atoms with Gasteiger partial charge in [0, 0.05) is 0 Å². The third-order valence-electron chi connectivity index (χ3n) is 2.57. The van der Waals surface area contributed by atoms with Crippen molar-refractivity contribution in [3.63, 3.8) is 0 Å². The number of nitrogens with one attached hydrogen (secondary N) is 1. The van der Waals surface area contributed by atoms with Gasteiger partial charge in [-0.2, -0.15) is 0 Å². The van der Waals surface area contributed by atoms with Crippen molar-refractivity contribution in [3.05, 3.63) is 23.2 Å². The predicted octanol–water partition coefficient (Wildman–Crippen LogP) is -0.658. The molecule has 1 aromatic heterocycles. The molecule has 0 aromatic carbocycles. The van der Waals surface area contributed by atoms with Crippen LogP contribution in [-0.2, 0) is 0 Å². The molecule has 1 amide bonds. The van der Waals surface area contributed by atoms with Crippen LogP contribution < -0.4 is 5.32 Å². The Labute approximate surface area is 98.9 Å². The van der Waals surface area contributed by atoms with Crippen LogP contribution in [0.25, 0.3) is 0 Å². The van der Waals surface area contributed by atoms with E-state index in [0.717, 1.165) is 0 Å². The normalized spacial score (nSPS) is 11.6. The molecule has 0 aliphatic rings. The molecule has 1 aromatic rings. The molecule has 1 rings (SSSR count). The van der Waals surface area contributed by atoms with E-state index < -0.39 is 31.3 Å². The maximum atomic E-state index is 11.9. The van der Waals surface area contributed by atoms with Gasteiger partial charge in [-0.3, -0.25) is 4.79 Å². The fraction of sp³-hybridized carbons (Fsp3) is 0.545. The van der Waals surface area contributed by atoms with Crippen LogP contribution in [0.3, 0.4) is 0 Å². The van der Waals surface area contributed by atoms with Crippen LogP contribution in [-0.4, -0.2) is 46.6 Å². The molecule has 6 heteroatoms. The summed E-state index contributed by atoms with van der Waals surface area (Å²) in [4.78, 5) is 11.9. The number of aliphatic hydroxyl groups is 3. The molecule has 0 aliphatic carbocycles. The minimum atomic E-state index is -1.42. The molecule has 0 saturated carbocycles. The highest BCUT2D eigenvalue weighted by molar-refractivity contribution is 5.95. The SMILES string of the molecule is Cc1cc(C(=O)NC(CO)(CO)CO)c(C)o1. The Morgan fingerprint density at radius 2 is 1.82 bits per heavy atom. The van der Waals surface area contributed by atoms with E-state index >= 15 is 0 Å². The molecule has 0 saturated heterocycles. The number of amides is 1. The standard InChI is InChI=1S/C11H17NO5/c1-7-3-9(8(2)17-7)10(16)12-11(4-13,5-14)6-15/h3,13-15H,4-6H2,1-2H3,(H,12,16). The van der Waals surface area contributed by atoms with Crippen molar-refractivity contribution in [3.8, 4) is 0 Å². The van der Waals surface area contributed by atoms with Gasteiger partial charge in [0.25, 0.3) is 5.91 Å². The van der Waals surface area contributed by atoms with E-state index in [2.05, 4.69) is 5.32 Å². The number of hydrogen-bond acceptors (Lipinski definition) is 5. The van der Waals surface area contributed by atoms with Gasteiger partial charge in [0.2, 0.25) is 0 Å². The summed E-state index contributed by atoms with van der Waals surface area (Å²) in [6.07, 6.45) is 0. The minimum Gasteiger partial charge on any atom is -0.466 e. The summed E-state index contributed by atoms with van der Waals surface area (Å²) in [5, 5.41) is 29.7. The molecule has 4 N–H and O–H groups in total. The zero-order chi connectivity index (χ0) is 13.1. The molecule has 0 atom stereocenters. The van der Waals surface area contributed by atoms with Gasteiger partial charge >= 0.3 is 0 Å². The van der Waals surface area contributed by atoms with Gasteiger partial charge in [-0.05, 0) is 19.9 Å². The lowest BCUT2D eigenvalue weighted by Gasteiger charge is -2.28. The van der Waals surface area contributed by atoms with Crippen LogP contribution in [0.2, 0.25) is 0 Å². The average molecular weight is 243 g/mol. The van der Waals surface area contributed by atoms with Crippen molar-refractivity contribution in [2.45, 2.75) is 19.4 Å². The third kappa shape index (κ3) is 2.85. The van der Waals surface area contributed by atoms with Gasteiger partial charge < -0.3 is 25.1 Å². The van der Waals surface area contributed by atoms with Crippen molar-refractivity contribution in [1.82, 2.24) is 5.32 Å². The average Bonchev–Trinajstić information content (AvgIpc) is 2.65. The first-order chi connectivity index (χ1) is 7.98. The minimum absolute atomic E-state index is 0.322. The first-order valence-electron chi connectivity index (χ1n) is 5.20. The Kier molecular flexibility index (Phi) is 4.28. The highest BCUT2D eigenvalue weighted by atomic mass is 16.3. The first-order valence-corrected chi connectivity index (χ1v) is 5.20. The molecule has 17 heavy (non-hydrogen) atoms. The van der Waals surface area contributed by atoms with E-state index in [0.29, 0.717) is 17.1 Å². The zero-order valence-corrected chi connectivity index (χ0v) is 9.86. The van der Waals surface area contributed by atoms with E-state index in [4.69, 9.17) is 19.7 Å². The second kappa shape index (κ2) is 5.31. The Morgan fingerprint density at radius 1 is 1.29 bits per heavy atom. The third-order valence-corrected chi connectivity index (χ3v) is 2.57. The Bertz CT molecular complexity index is 386. The number of carbonyl (C=O) groups excluding carboxylic acids is 1. The first kappa shape index (κ1) is 13.7. The molecule has 96 valence electrons. The number of hydrogen-bond donors (Lipinski definition) is 4. The fourth-order valence-electron chi connectivity index (χ4n) is 1.43. The monoisotopic (exact) mass is 243 g/mol. The molecular weight excluding hydrogens is 226 g/mol. The van der Waals surface area contributed by atoms with Gasteiger partial charge in [0.05, 0.1) is 25.4 Å². The molecule has 0 radical (unpaired) electrons. The van der Waals surface area contributed by atoms with E-state index in [-0.39, 0.29) is 0 Å². The zero-order valence-electron chi connectivity index (χ0n) is 9.86. The van der Waals surface area contributed by atoms with Crippen molar-refractivity contribution in [2.24, 2.45) is 0 Å². The van der Waals surface area contributed by atoms with Crippen LogP contribution in [0.4, 0.5) is 0 Å². The lowest BCUT2D eigenvalue weighted by Crippen LogP contribution is -2.57. The van der Waals surface area contributed by atoms with Gasteiger partial charge in [-0.15, -0.1) is 0 Å². The summed E-state index contributed by atoms with van der Waals surface area (Å²) in [5.74, 6) is 0.537. The summed E-state index contributed by atoms with van der Waals surface area (Å²) in [6, 6.07) is 1.56. The number of furan rings is 1. The Morgan fingerprint density at radius 3 is 2.18 bits per heavy atom. The summed E-state index contributed by atoms with van der Waals surface area (Å²) >= 11 is 0. The van der Waals surface area contributed by atoms with Crippen molar-refractivity contribution in [2.75, 3.05) is 19.8 Å². The van der Waals surface area contributed by atoms with Crippen LogP contribution in [0, 0.1) is 13.8 Å². The summed E-state index contributed by atoms with van der Waals surface area (Å²) < 4.78 is 5.20. The Hall–Kier alpha value is -1.37. The molecule has 0 unspecified atom stereocenters. The Balaban J connectivity index is 2.88. The molecular formula is C11H17NO5. The lowest BCUT2D eigenvalue weighted by atomic mass is 10.0. The quantitative estimate of drug-likeness (QED) is 0.550. The van der Waals surface area contributed by atoms with Crippen molar-refractivity contribution >= 4 is 5.91 Å². The predicted molar refractivity (Wildman–Crippen MR) is 59.6 cm³/mol. The summed E-state index contributed by atoms with van der Waals surface area (Å²) in [7, 11) is 0. The highest BCUT2D eigenvalue weighted by Crippen LogP contribution is 2.14. The summed E-state index contributed by atoms with van der Waals surface area (Å²) in [5.41, 5.74) is -1.10. The van der Waals surface area contributed by atoms with Gasteiger partial charge in [0.1, 0.15) is 17.1 Å². The van der Waals surface area contributed by atoms with Crippen LogP contribution >= 0.6 is 0 Å². The number of aliphatic hydroxyl groups excluding tert-OH is 3. The number of rotatable bonds is 5. The topological polar surface area (TPSA) is 103 Å². The number of carbonyl (C=O) groups is 1. The molecule has 0 aliphatic heterocycles. The van der Waals surface area contributed by atoms with E-state index in [1.54, 1.807) is 19.9 Å².